The molecule has 2 heterocycles. The fraction of sp³-hybridized carbons (Fsp3) is 0.467. The van der Waals surface area contributed by atoms with Gasteiger partial charge in [0, 0.05) is 22.4 Å². The van der Waals surface area contributed by atoms with Crippen LogP contribution >= 0.6 is 23.1 Å². The van der Waals surface area contributed by atoms with E-state index in [-0.39, 0.29) is 0 Å². The standard InChI is InChI=1S/C15H22N4S2/c1-5-6-16-13-8-14(19-15(18-13)20-4)17-9-12-7-10(2)11(3)21-12/h7-8H,5-6,9H2,1-4H3,(H2,16,17,18,19). The maximum atomic E-state index is 4.51. The molecule has 2 N–H and O–H groups in total. The van der Waals surface area contributed by atoms with Gasteiger partial charge in [0.25, 0.3) is 0 Å². The van der Waals surface area contributed by atoms with E-state index in [0.717, 1.165) is 36.3 Å². The number of hydrogen-bond donors (Lipinski definition) is 2. The predicted molar refractivity (Wildman–Crippen MR) is 93.7 cm³/mol. The number of hydrogen-bond acceptors (Lipinski definition) is 6. The maximum Gasteiger partial charge on any atom is 0.191 e. The molecular weight excluding hydrogens is 300 g/mol. The summed E-state index contributed by atoms with van der Waals surface area (Å²) in [7, 11) is 0. The summed E-state index contributed by atoms with van der Waals surface area (Å²) in [5.41, 5.74) is 1.36. The van der Waals surface area contributed by atoms with E-state index in [1.165, 1.54) is 15.3 Å². The van der Waals surface area contributed by atoms with E-state index in [4.69, 9.17) is 0 Å². The summed E-state index contributed by atoms with van der Waals surface area (Å²) in [5.74, 6) is 1.76. The quantitative estimate of drug-likeness (QED) is 0.587. The molecule has 0 aliphatic rings. The van der Waals surface area contributed by atoms with Crippen LogP contribution in [0.2, 0.25) is 0 Å². The second-order valence-electron chi connectivity index (χ2n) is 4.86. The van der Waals surface area contributed by atoms with Crippen molar-refractivity contribution < 1.29 is 0 Å². The minimum atomic E-state index is 0.789. The lowest BCUT2D eigenvalue weighted by molar-refractivity contribution is 0.923. The van der Waals surface area contributed by atoms with Gasteiger partial charge >= 0.3 is 0 Å². The molecule has 2 aromatic heterocycles. The van der Waals surface area contributed by atoms with Gasteiger partial charge in [-0.1, -0.05) is 18.7 Å². The lowest BCUT2D eigenvalue weighted by atomic mass is 10.3. The number of thiophene rings is 1. The molecule has 0 saturated carbocycles. The van der Waals surface area contributed by atoms with E-state index < -0.39 is 0 Å². The molecule has 0 unspecified atom stereocenters. The molecule has 0 aromatic carbocycles. The Labute approximate surface area is 134 Å². The number of anilines is 2. The lowest BCUT2D eigenvalue weighted by Crippen LogP contribution is -2.06. The Kier molecular flexibility index (Phi) is 5.87. The van der Waals surface area contributed by atoms with E-state index in [9.17, 15) is 0 Å². The third kappa shape index (κ3) is 4.61. The largest absolute Gasteiger partial charge is 0.370 e. The molecule has 114 valence electrons. The summed E-state index contributed by atoms with van der Waals surface area (Å²) < 4.78 is 0. The first kappa shape index (κ1) is 16.1. The van der Waals surface area contributed by atoms with Crippen LogP contribution in [0.15, 0.2) is 17.3 Å². The minimum absolute atomic E-state index is 0.789. The smallest absolute Gasteiger partial charge is 0.191 e. The van der Waals surface area contributed by atoms with Gasteiger partial charge in [0.15, 0.2) is 5.16 Å². The van der Waals surface area contributed by atoms with Crippen molar-refractivity contribution in [3.05, 3.63) is 27.5 Å². The fourth-order valence-corrected chi connectivity index (χ4v) is 3.24. The Morgan fingerprint density at radius 2 is 1.86 bits per heavy atom. The molecule has 2 rings (SSSR count). The Bertz CT molecular complexity index is 576. The zero-order valence-corrected chi connectivity index (χ0v) is 14.6. The Balaban J connectivity index is 2.07. The van der Waals surface area contributed by atoms with Crippen LogP contribution in [-0.4, -0.2) is 22.8 Å². The summed E-state index contributed by atoms with van der Waals surface area (Å²) >= 11 is 3.39. The highest BCUT2D eigenvalue weighted by atomic mass is 32.2. The molecule has 0 bridgehead atoms. The van der Waals surface area contributed by atoms with Gasteiger partial charge < -0.3 is 10.6 Å². The van der Waals surface area contributed by atoms with Crippen LogP contribution in [0, 0.1) is 13.8 Å². The summed E-state index contributed by atoms with van der Waals surface area (Å²) in [4.78, 5) is 11.7. The highest BCUT2D eigenvalue weighted by molar-refractivity contribution is 7.98. The molecule has 0 saturated heterocycles. The van der Waals surface area contributed by atoms with Crippen LogP contribution in [0.25, 0.3) is 0 Å². The lowest BCUT2D eigenvalue weighted by Gasteiger charge is -2.09. The van der Waals surface area contributed by atoms with Gasteiger partial charge in [-0.2, -0.15) is 0 Å². The molecule has 0 aliphatic heterocycles. The average Bonchev–Trinajstić information content (AvgIpc) is 2.81. The second-order valence-corrected chi connectivity index (χ2v) is 6.97. The van der Waals surface area contributed by atoms with Crippen molar-refractivity contribution in [1.82, 2.24) is 9.97 Å². The van der Waals surface area contributed by atoms with Crippen molar-refractivity contribution in [2.24, 2.45) is 0 Å². The molecule has 0 aliphatic carbocycles. The molecule has 0 atom stereocenters. The van der Waals surface area contributed by atoms with Gasteiger partial charge in [0.1, 0.15) is 11.6 Å². The van der Waals surface area contributed by atoms with Crippen LogP contribution in [0.1, 0.15) is 28.7 Å². The molecule has 0 spiro atoms. The molecule has 6 heteroatoms. The first-order valence-corrected chi connectivity index (χ1v) is 9.13. The summed E-state index contributed by atoms with van der Waals surface area (Å²) in [6.07, 6.45) is 3.07. The number of nitrogens with zero attached hydrogens (tertiary/aromatic N) is 2. The number of thioether (sulfide) groups is 1. The van der Waals surface area contributed by atoms with Gasteiger partial charge in [0.2, 0.25) is 0 Å². The van der Waals surface area contributed by atoms with Crippen molar-refractivity contribution in [1.29, 1.82) is 0 Å². The zero-order valence-electron chi connectivity index (χ0n) is 13.0. The monoisotopic (exact) mass is 322 g/mol. The highest BCUT2D eigenvalue weighted by Gasteiger charge is 2.05. The minimum Gasteiger partial charge on any atom is -0.370 e. The van der Waals surface area contributed by atoms with Crippen LogP contribution in [0.3, 0.4) is 0 Å². The molecule has 0 radical (unpaired) electrons. The number of nitrogens with one attached hydrogen (secondary N) is 2. The van der Waals surface area contributed by atoms with Gasteiger partial charge in [-0.15, -0.1) is 11.3 Å². The first-order valence-electron chi connectivity index (χ1n) is 7.09. The molecule has 2 aromatic rings. The van der Waals surface area contributed by atoms with Crippen molar-refractivity contribution in [3.8, 4) is 0 Å². The normalized spacial score (nSPS) is 10.7. The SMILES string of the molecule is CCCNc1cc(NCc2cc(C)c(C)s2)nc(SC)n1. The van der Waals surface area contributed by atoms with E-state index >= 15 is 0 Å². The van der Waals surface area contributed by atoms with E-state index in [0.29, 0.717) is 0 Å². The van der Waals surface area contributed by atoms with E-state index in [1.807, 2.05) is 23.7 Å². The Morgan fingerprint density at radius 1 is 1.14 bits per heavy atom. The van der Waals surface area contributed by atoms with E-state index in [2.05, 4.69) is 47.4 Å². The summed E-state index contributed by atoms with van der Waals surface area (Å²) in [6, 6.07) is 4.21. The van der Waals surface area contributed by atoms with Crippen LogP contribution in [0.5, 0.6) is 0 Å². The fourth-order valence-electron chi connectivity index (χ4n) is 1.87. The average molecular weight is 323 g/mol. The van der Waals surface area contributed by atoms with Crippen LogP contribution in [-0.2, 0) is 6.54 Å². The topological polar surface area (TPSA) is 49.8 Å². The Hall–Kier alpha value is -1.27. The van der Waals surface area contributed by atoms with Crippen molar-refractivity contribution in [3.63, 3.8) is 0 Å². The zero-order chi connectivity index (χ0) is 15.2. The van der Waals surface area contributed by atoms with Gasteiger partial charge in [0.05, 0.1) is 6.54 Å². The molecule has 0 fully saturated rings. The molecular formula is C15H22N4S2. The van der Waals surface area contributed by atoms with Crippen molar-refractivity contribution in [2.45, 2.75) is 38.9 Å². The van der Waals surface area contributed by atoms with Gasteiger partial charge in [-0.3, -0.25) is 0 Å². The number of aryl methyl sites for hydroxylation is 2. The third-order valence-electron chi connectivity index (χ3n) is 3.11. The van der Waals surface area contributed by atoms with Crippen molar-refractivity contribution >= 4 is 34.7 Å². The predicted octanol–water partition coefficient (Wildman–Crippen LogP) is 4.31. The van der Waals surface area contributed by atoms with Crippen LogP contribution in [0.4, 0.5) is 11.6 Å². The van der Waals surface area contributed by atoms with Crippen LogP contribution < -0.4 is 10.6 Å². The number of rotatable bonds is 7. The van der Waals surface area contributed by atoms with Gasteiger partial charge in [-0.05, 0) is 38.2 Å². The first-order chi connectivity index (χ1) is 10.1. The molecule has 0 amide bonds. The highest BCUT2D eigenvalue weighted by Crippen LogP contribution is 2.22. The summed E-state index contributed by atoms with van der Waals surface area (Å²) in [6.45, 7) is 8.18. The molecule has 21 heavy (non-hydrogen) atoms. The van der Waals surface area contributed by atoms with Crippen molar-refractivity contribution in [2.75, 3.05) is 23.4 Å². The van der Waals surface area contributed by atoms with E-state index in [1.54, 1.807) is 11.8 Å². The molecule has 4 nitrogen and oxygen atoms in total. The second kappa shape index (κ2) is 7.66. The number of aromatic nitrogens is 2. The van der Waals surface area contributed by atoms with Gasteiger partial charge in [-0.25, -0.2) is 9.97 Å². The third-order valence-corrected chi connectivity index (χ3v) is 4.81. The summed E-state index contributed by atoms with van der Waals surface area (Å²) in [5, 5.41) is 7.51. The maximum absolute atomic E-state index is 4.51. The Morgan fingerprint density at radius 3 is 2.43 bits per heavy atom.